The lowest BCUT2D eigenvalue weighted by Gasteiger charge is -2.16. The van der Waals surface area contributed by atoms with Gasteiger partial charge in [0.15, 0.2) is 40.3 Å². The number of aromatic hydroxyl groups is 2. The molecule has 0 aliphatic rings. The highest BCUT2D eigenvalue weighted by molar-refractivity contribution is 6.11. The van der Waals surface area contributed by atoms with Crippen molar-refractivity contribution in [3.63, 3.8) is 0 Å². The van der Waals surface area contributed by atoms with E-state index in [0.29, 0.717) is 28.7 Å². The standard InChI is InChI=1S/C48H43FN4O10/c1-5-30(24-28-8-14-34(49)15-9-28)40(55)25-29-6-10-31(11-7-29)41(56)26-33(22-23-50)47(60)51-35-16-12-32(13-17-35)46(59)52-38-21-19-37(43(58)45(38)63-4)48(61)53-39-20-18-36(27(2)54)42(57)44(39)62-3/h6-21,24,33,57-58H,5,22,25-26H2,1-4H3,(H,51,60)(H,52,59)(H,53,61)/b30-24+/t33-/m1/s1. The zero-order valence-electron chi connectivity index (χ0n) is 34.7. The summed E-state index contributed by atoms with van der Waals surface area (Å²) in [7, 11) is 2.46. The molecule has 0 aliphatic carbocycles. The SMILES string of the molecule is CC/C(=C\c1ccc(F)cc1)C(=O)Cc1ccc(C(=O)C[C@@H](CC#N)C(=O)Nc2ccc(C(=O)Nc3ccc(C(=O)Nc4ccc(C(C)=O)c(O)c4OC)c(O)c3OC)cc2)cc1. The fourth-order valence-corrected chi connectivity index (χ4v) is 6.51. The minimum atomic E-state index is -0.998. The van der Waals surface area contributed by atoms with Crippen LogP contribution in [0.2, 0.25) is 0 Å². The molecule has 0 aromatic heterocycles. The third kappa shape index (κ3) is 11.4. The number of amides is 3. The Morgan fingerprint density at radius 3 is 1.84 bits per heavy atom. The van der Waals surface area contributed by atoms with Crippen LogP contribution in [0.25, 0.3) is 6.08 Å². The van der Waals surface area contributed by atoms with Crippen molar-refractivity contribution in [3.8, 4) is 29.1 Å². The van der Waals surface area contributed by atoms with E-state index in [-0.39, 0.29) is 81.9 Å². The van der Waals surface area contributed by atoms with E-state index in [0.717, 1.165) is 0 Å². The third-order valence-electron chi connectivity index (χ3n) is 9.94. The highest BCUT2D eigenvalue weighted by atomic mass is 19.1. The molecule has 0 fully saturated rings. The number of carbonyl (C=O) groups is 6. The Labute approximate surface area is 362 Å². The molecule has 1 atom stereocenters. The molecule has 0 bridgehead atoms. The van der Waals surface area contributed by atoms with Crippen LogP contribution < -0.4 is 25.4 Å². The van der Waals surface area contributed by atoms with Crippen molar-refractivity contribution in [1.29, 1.82) is 5.26 Å². The molecule has 5 aromatic rings. The summed E-state index contributed by atoms with van der Waals surface area (Å²) in [5.74, 6) is -5.81. The average molecular weight is 855 g/mol. The van der Waals surface area contributed by atoms with Gasteiger partial charge in [0.1, 0.15) is 5.82 Å². The van der Waals surface area contributed by atoms with E-state index in [1.807, 2.05) is 13.0 Å². The number of hydrogen-bond donors (Lipinski definition) is 5. The number of nitrogens with one attached hydrogen (secondary N) is 3. The molecule has 5 N–H and O–H groups in total. The highest BCUT2D eigenvalue weighted by Crippen LogP contribution is 2.40. The minimum absolute atomic E-state index is 0.0170. The molecule has 0 unspecified atom stereocenters. The molecule has 0 saturated heterocycles. The van der Waals surface area contributed by atoms with Crippen molar-refractivity contribution in [2.24, 2.45) is 5.92 Å². The van der Waals surface area contributed by atoms with Crippen LogP contribution in [0.1, 0.15) is 85.7 Å². The first kappa shape index (κ1) is 46.0. The summed E-state index contributed by atoms with van der Waals surface area (Å²) in [4.78, 5) is 77.7. The highest BCUT2D eigenvalue weighted by Gasteiger charge is 2.25. The maximum Gasteiger partial charge on any atom is 0.259 e. The number of ether oxygens (including phenoxy) is 2. The summed E-state index contributed by atoms with van der Waals surface area (Å²) in [6.45, 7) is 3.11. The number of ketones is 3. The van der Waals surface area contributed by atoms with E-state index < -0.39 is 40.9 Å². The summed E-state index contributed by atoms with van der Waals surface area (Å²) < 4.78 is 23.8. The Balaban J connectivity index is 1.19. The summed E-state index contributed by atoms with van der Waals surface area (Å²) in [6, 6.07) is 25.2. The van der Waals surface area contributed by atoms with Crippen LogP contribution in [0.15, 0.2) is 103 Å². The van der Waals surface area contributed by atoms with Crippen molar-refractivity contribution >= 4 is 58.2 Å². The van der Waals surface area contributed by atoms with E-state index >= 15 is 0 Å². The van der Waals surface area contributed by atoms with Gasteiger partial charge >= 0.3 is 0 Å². The van der Waals surface area contributed by atoms with E-state index in [9.17, 15) is 48.6 Å². The molecule has 0 saturated carbocycles. The number of rotatable bonds is 18. The second-order valence-corrected chi connectivity index (χ2v) is 14.2. The normalized spacial score (nSPS) is 11.4. The van der Waals surface area contributed by atoms with E-state index in [1.54, 1.807) is 42.5 Å². The van der Waals surface area contributed by atoms with Crippen LogP contribution in [0, 0.1) is 23.1 Å². The molecule has 15 heteroatoms. The number of anilines is 3. The van der Waals surface area contributed by atoms with Crippen LogP contribution >= 0.6 is 0 Å². The Morgan fingerprint density at radius 2 is 1.29 bits per heavy atom. The first-order valence-corrected chi connectivity index (χ1v) is 19.5. The van der Waals surface area contributed by atoms with Crippen LogP contribution in [0.3, 0.4) is 0 Å². The number of nitriles is 1. The van der Waals surface area contributed by atoms with Crippen molar-refractivity contribution in [2.45, 2.75) is 39.5 Å². The fraction of sp³-hybridized carbons (Fsp3) is 0.188. The lowest BCUT2D eigenvalue weighted by atomic mass is 9.93. The largest absolute Gasteiger partial charge is 0.504 e. The lowest BCUT2D eigenvalue weighted by Crippen LogP contribution is -2.25. The maximum atomic E-state index is 13.3. The van der Waals surface area contributed by atoms with Gasteiger partial charge < -0.3 is 35.6 Å². The first-order chi connectivity index (χ1) is 30.2. The van der Waals surface area contributed by atoms with Gasteiger partial charge in [0.25, 0.3) is 11.8 Å². The molecule has 0 aliphatic heterocycles. The number of nitrogens with zero attached hydrogens (tertiary/aromatic N) is 1. The molecule has 322 valence electrons. The number of phenolic OH excluding ortho intramolecular Hbond substituents is 2. The Hall–Kier alpha value is -8.12. The van der Waals surface area contributed by atoms with Gasteiger partial charge in [-0.05, 0) is 96.8 Å². The van der Waals surface area contributed by atoms with Crippen LogP contribution in [0.5, 0.6) is 23.0 Å². The molecule has 3 amide bonds. The second kappa shape index (κ2) is 20.9. The zero-order valence-corrected chi connectivity index (χ0v) is 34.7. The molecule has 0 heterocycles. The van der Waals surface area contributed by atoms with Gasteiger partial charge in [0.2, 0.25) is 5.91 Å². The van der Waals surface area contributed by atoms with Gasteiger partial charge in [-0.2, -0.15) is 5.26 Å². The number of Topliss-reactive ketones (excluding diaryl/α,β-unsaturated/α-hetero) is 3. The summed E-state index contributed by atoms with van der Waals surface area (Å²) in [5, 5.41) is 38.7. The third-order valence-corrected chi connectivity index (χ3v) is 9.94. The van der Waals surface area contributed by atoms with Gasteiger partial charge in [-0.15, -0.1) is 0 Å². The number of methoxy groups -OCH3 is 2. The Morgan fingerprint density at radius 1 is 0.730 bits per heavy atom. The number of allylic oxidation sites excluding steroid dienone is 1. The molecule has 5 aromatic carbocycles. The average Bonchev–Trinajstić information content (AvgIpc) is 3.26. The molecule has 5 rings (SSSR count). The van der Waals surface area contributed by atoms with Gasteiger partial charge in [-0.25, -0.2) is 4.39 Å². The van der Waals surface area contributed by atoms with Crippen molar-refractivity contribution in [2.75, 3.05) is 30.2 Å². The van der Waals surface area contributed by atoms with Gasteiger partial charge in [0.05, 0.1) is 48.7 Å². The predicted octanol–water partition coefficient (Wildman–Crippen LogP) is 8.31. The molecule has 63 heavy (non-hydrogen) atoms. The van der Waals surface area contributed by atoms with Crippen molar-refractivity contribution in [3.05, 3.63) is 142 Å². The topological polar surface area (TPSA) is 221 Å². The number of hydrogen-bond acceptors (Lipinski definition) is 11. The zero-order chi connectivity index (χ0) is 45.8. The molecule has 0 radical (unpaired) electrons. The number of benzene rings is 5. The van der Waals surface area contributed by atoms with Gasteiger partial charge in [0, 0.05) is 36.1 Å². The molecule has 0 spiro atoms. The molecule has 14 nitrogen and oxygen atoms in total. The second-order valence-electron chi connectivity index (χ2n) is 14.2. The predicted molar refractivity (Wildman–Crippen MR) is 233 cm³/mol. The van der Waals surface area contributed by atoms with Crippen LogP contribution in [-0.4, -0.2) is 59.5 Å². The van der Waals surface area contributed by atoms with Gasteiger partial charge in [-0.1, -0.05) is 43.3 Å². The monoisotopic (exact) mass is 854 g/mol. The van der Waals surface area contributed by atoms with E-state index in [1.165, 1.54) is 81.8 Å². The summed E-state index contributed by atoms with van der Waals surface area (Å²) in [5.41, 5.74) is 2.44. The maximum absolute atomic E-state index is 13.3. The smallest absolute Gasteiger partial charge is 0.259 e. The van der Waals surface area contributed by atoms with E-state index in [2.05, 4.69) is 16.0 Å². The van der Waals surface area contributed by atoms with Crippen LogP contribution in [0.4, 0.5) is 21.5 Å². The van der Waals surface area contributed by atoms with Crippen molar-refractivity contribution in [1.82, 2.24) is 0 Å². The van der Waals surface area contributed by atoms with Gasteiger partial charge in [-0.3, -0.25) is 28.8 Å². The summed E-state index contributed by atoms with van der Waals surface area (Å²) >= 11 is 0. The minimum Gasteiger partial charge on any atom is -0.504 e. The molecular formula is C48H43FN4O10. The van der Waals surface area contributed by atoms with Crippen molar-refractivity contribution < 1.29 is 52.8 Å². The summed E-state index contributed by atoms with van der Waals surface area (Å²) in [6.07, 6.45) is 1.78. The number of halogens is 1. The number of phenols is 2. The van der Waals surface area contributed by atoms with E-state index in [4.69, 9.17) is 9.47 Å². The lowest BCUT2D eigenvalue weighted by molar-refractivity contribution is -0.119. The first-order valence-electron chi connectivity index (χ1n) is 19.5. The Kier molecular flexibility index (Phi) is 15.3. The Bertz CT molecular complexity index is 2630. The van der Waals surface area contributed by atoms with Crippen LogP contribution in [-0.2, 0) is 16.0 Å². The fourth-order valence-electron chi connectivity index (χ4n) is 6.51. The molecular weight excluding hydrogens is 812 g/mol. The number of carbonyl (C=O) groups excluding carboxylic acids is 6. The quantitative estimate of drug-likeness (QED) is 0.0417.